The van der Waals surface area contributed by atoms with Crippen molar-refractivity contribution in [2.75, 3.05) is 11.6 Å². The van der Waals surface area contributed by atoms with Crippen molar-refractivity contribution in [3.05, 3.63) is 40.5 Å². The molecule has 1 N–H and O–H groups in total. The van der Waals surface area contributed by atoms with E-state index in [0.717, 1.165) is 21.6 Å². The second-order valence-corrected chi connectivity index (χ2v) is 4.95. The molecule has 0 aliphatic rings. The van der Waals surface area contributed by atoms with E-state index in [0.29, 0.717) is 11.6 Å². The second kappa shape index (κ2) is 5.62. The van der Waals surface area contributed by atoms with Crippen LogP contribution in [0.5, 0.6) is 0 Å². The molecule has 2 rings (SSSR count). The predicted octanol–water partition coefficient (Wildman–Crippen LogP) is 3.98. The number of halogens is 3. The summed E-state index contributed by atoms with van der Waals surface area (Å²) in [6, 6.07) is 3.52. The Morgan fingerprint density at radius 1 is 1.28 bits per heavy atom. The minimum atomic E-state index is -0.915. The molecule has 0 saturated carbocycles. The first-order valence-corrected chi connectivity index (χ1v) is 6.90. The van der Waals surface area contributed by atoms with E-state index in [1.165, 1.54) is 17.8 Å². The first-order valence-electron chi connectivity index (χ1n) is 4.89. The van der Waals surface area contributed by atoms with Gasteiger partial charge in [-0.15, -0.1) is 11.8 Å². The molecular weight excluding hydrogens is 324 g/mol. The summed E-state index contributed by atoms with van der Waals surface area (Å²) in [6.07, 6.45) is 3.48. The van der Waals surface area contributed by atoms with Crippen molar-refractivity contribution in [3.8, 4) is 0 Å². The van der Waals surface area contributed by atoms with Crippen molar-refractivity contribution in [2.45, 2.75) is 5.03 Å². The Morgan fingerprint density at radius 3 is 2.72 bits per heavy atom. The van der Waals surface area contributed by atoms with Crippen LogP contribution in [0.2, 0.25) is 0 Å². The van der Waals surface area contributed by atoms with Gasteiger partial charge in [0.05, 0.1) is 4.47 Å². The van der Waals surface area contributed by atoms with E-state index < -0.39 is 11.6 Å². The molecule has 0 aliphatic heterocycles. The van der Waals surface area contributed by atoms with Crippen LogP contribution in [0.25, 0.3) is 0 Å². The molecule has 0 radical (unpaired) electrons. The maximum atomic E-state index is 13.0. The molecule has 1 aromatic heterocycles. The van der Waals surface area contributed by atoms with Gasteiger partial charge in [-0.3, -0.25) is 0 Å². The summed E-state index contributed by atoms with van der Waals surface area (Å²) in [5, 5.41) is 3.57. The third-order valence-corrected chi connectivity index (χ3v) is 3.62. The highest BCUT2D eigenvalue weighted by molar-refractivity contribution is 9.10. The fourth-order valence-corrected chi connectivity index (χ4v) is 2.36. The molecule has 0 fully saturated rings. The molecule has 0 aliphatic carbocycles. The van der Waals surface area contributed by atoms with E-state index in [-0.39, 0.29) is 0 Å². The Kier molecular flexibility index (Phi) is 4.13. The predicted molar refractivity (Wildman–Crippen MR) is 71.2 cm³/mol. The maximum absolute atomic E-state index is 13.0. The molecular formula is C11H8BrF2N3S. The molecule has 3 nitrogen and oxygen atoms in total. The van der Waals surface area contributed by atoms with Gasteiger partial charge in [0.1, 0.15) is 5.03 Å². The zero-order chi connectivity index (χ0) is 13.1. The Labute approximate surface area is 115 Å². The number of anilines is 2. The van der Waals surface area contributed by atoms with E-state index >= 15 is 0 Å². The number of nitrogens with one attached hydrogen (secondary N) is 1. The van der Waals surface area contributed by atoms with E-state index in [2.05, 4.69) is 31.2 Å². The summed E-state index contributed by atoms with van der Waals surface area (Å²) in [7, 11) is 0. The largest absolute Gasteiger partial charge is 0.324 e. The summed E-state index contributed by atoms with van der Waals surface area (Å²) in [5.41, 5.74) is 0.392. The number of thioether (sulfide) groups is 1. The average molecular weight is 332 g/mol. The second-order valence-electron chi connectivity index (χ2n) is 3.30. The van der Waals surface area contributed by atoms with Crippen LogP contribution in [-0.4, -0.2) is 16.2 Å². The lowest BCUT2D eigenvalue weighted by Crippen LogP contribution is -1.99. The van der Waals surface area contributed by atoms with Gasteiger partial charge in [0.15, 0.2) is 11.6 Å². The average Bonchev–Trinajstić information content (AvgIpc) is 2.36. The smallest absolute Gasteiger partial charge is 0.228 e. The van der Waals surface area contributed by atoms with Gasteiger partial charge in [-0.2, -0.15) is 0 Å². The highest BCUT2D eigenvalue weighted by Gasteiger charge is 2.06. The number of aromatic nitrogens is 2. The summed E-state index contributed by atoms with van der Waals surface area (Å²) in [4.78, 5) is 8.25. The minimum Gasteiger partial charge on any atom is -0.324 e. The van der Waals surface area contributed by atoms with E-state index in [1.807, 2.05) is 6.26 Å². The van der Waals surface area contributed by atoms with E-state index in [4.69, 9.17) is 0 Å². The molecule has 0 spiro atoms. The molecule has 0 amide bonds. The molecule has 1 heterocycles. The van der Waals surface area contributed by atoms with Gasteiger partial charge in [-0.05, 0) is 34.3 Å². The molecule has 0 bridgehead atoms. The molecule has 1 aromatic carbocycles. The highest BCUT2D eigenvalue weighted by atomic mass is 79.9. The van der Waals surface area contributed by atoms with Crippen molar-refractivity contribution in [1.82, 2.24) is 9.97 Å². The van der Waals surface area contributed by atoms with Gasteiger partial charge in [-0.1, -0.05) is 0 Å². The Bertz CT molecular complexity index is 580. The topological polar surface area (TPSA) is 37.8 Å². The highest BCUT2D eigenvalue weighted by Crippen LogP contribution is 2.24. The third kappa shape index (κ3) is 2.97. The standard InChI is InChI=1S/C11H8BrF2N3S/c1-18-10-7(12)5-15-11(17-10)16-6-2-3-8(13)9(14)4-6/h2-5H,1H3,(H,15,16,17). The van der Waals surface area contributed by atoms with Crippen LogP contribution in [0.3, 0.4) is 0 Å². The zero-order valence-corrected chi connectivity index (χ0v) is 11.6. The van der Waals surface area contributed by atoms with Gasteiger partial charge in [-0.25, -0.2) is 18.7 Å². The SMILES string of the molecule is CSc1nc(Nc2ccc(F)c(F)c2)ncc1Br. The summed E-state index contributed by atoms with van der Waals surface area (Å²) in [5.74, 6) is -1.47. The Hall–Kier alpha value is -1.21. The van der Waals surface area contributed by atoms with Crippen LogP contribution < -0.4 is 5.32 Å². The van der Waals surface area contributed by atoms with Crippen molar-refractivity contribution >= 4 is 39.3 Å². The molecule has 18 heavy (non-hydrogen) atoms. The van der Waals surface area contributed by atoms with E-state index in [9.17, 15) is 8.78 Å². The van der Waals surface area contributed by atoms with Gasteiger partial charge >= 0.3 is 0 Å². The Balaban J connectivity index is 2.25. The number of hydrogen-bond acceptors (Lipinski definition) is 4. The fraction of sp³-hybridized carbons (Fsp3) is 0.0909. The monoisotopic (exact) mass is 331 g/mol. The summed E-state index contributed by atoms with van der Waals surface area (Å²) < 4.78 is 26.6. The van der Waals surface area contributed by atoms with Crippen LogP contribution in [0.15, 0.2) is 33.9 Å². The van der Waals surface area contributed by atoms with E-state index in [1.54, 1.807) is 6.20 Å². The molecule has 2 aromatic rings. The normalized spacial score (nSPS) is 10.4. The molecule has 7 heteroatoms. The van der Waals surface area contributed by atoms with Crippen LogP contribution in [0, 0.1) is 11.6 Å². The Morgan fingerprint density at radius 2 is 2.06 bits per heavy atom. The first-order chi connectivity index (χ1) is 8.60. The van der Waals surface area contributed by atoms with Crippen molar-refractivity contribution in [3.63, 3.8) is 0 Å². The number of benzene rings is 1. The maximum Gasteiger partial charge on any atom is 0.228 e. The van der Waals surface area contributed by atoms with Crippen molar-refractivity contribution in [2.24, 2.45) is 0 Å². The zero-order valence-electron chi connectivity index (χ0n) is 9.25. The van der Waals surface area contributed by atoms with Crippen LogP contribution in [0.4, 0.5) is 20.4 Å². The quantitative estimate of drug-likeness (QED) is 0.681. The fourth-order valence-electron chi connectivity index (χ4n) is 1.26. The van der Waals surface area contributed by atoms with Crippen LogP contribution in [-0.2, 0) is 0 Å². The molecule has 0 saturated heterocycles. The van der Waals surface area contributed by atoms with Gasteiger partial charge in [0.2, 0.25) is 5.95 Å². The molecule has 0 atom stereocenters. The van der Waals surface area contributed by atoms with Gasteiger partial charge < -0.3 is 5.32 Å². The lowest BCUT2D eigenvalue weighted by Gasteiger charge is -2.07. The van der Waals surface area contributed by atoms with Crippen LogP contribution >= 0.6 is 27.7 Å². The molecule has 0 unspecified atom stereocenters. The van der Waals surface area contributed by atoms with Crippen molar-refractivity contribution < 1.29 is 8.78 Å². The minimum absolute atomic E-state index is 0.327. The lowest BCUT2D eigenvalue weighted by atomic mass is 10.3. The lowest BCUT2D eigenvalue weighted by molar-refractivity contribution is 0.509. The third-order valence-electron chi connectivity index (χ3n) is 2.08. The molecule has 94 valence electrons. The number of hydrogen-bond donors (Lipinski definition) is 1. The van der Waals surface area contributed by atoms with Gasteiger partial charge in [0, 0.05) is 18.0 Å². The number of nitrogens with zero attached hydrogens (tertiary/aromatic N) is 2. The van der Waals surface area contributed by atoms with Crippen LogP contribution in [0.1, 0.15) is 0 Å². The van der Waals surface area contributed by atoms with Gasteiger partial charge in [0.25, 0.3) is 0 Å². The first kappa shape index (κ1) is 13.2. The summed E-state index contributed by atoms with van der Waals surface area (Å²) >= 11 is 4.77. The van der Waals surface area contributed by atoms with Crippen molar-refractivity contribution in [1.29, 1.82) is 0 Å². The number of rotatable bonds is 3. The summed E-state index contributed by atoms with van der Waals surface area (Å²) in [6.45, 7) is 0.